The van der Waals surface area contributed by atoms with Gasteiger partial charge in [0.25, 0.3) is 0 Å². The normalized spacial score (nSPS) is 10.1. The molecule has 3 nitrogen and oxygen atoms in total. The molecule has 2 aromatic rings. The summed E-state index contributed by atoms with van der Waals surface area (Å²) >= 11 is 11.5. The highest BCUT2D eigenvalue weighted by Gasteiger charge is 1.96. The van der Waals surface area contributed by atoms with Gasteiger partial charge in [0.2, 0.25) is 0 Å². The smallest absolute Gasteiger partial charge is 0.0455 e. The van der Waals surface area contributed by atoms with Gasteiger partial charge in [0, 0.05) is 27.0 Å². The van der Waals surface area contributed by atoms with E-state index in [-0.39, 0.29) is 5.54 Å². The first kappa shape index (κ1) is 21.6. The largest absolute Gasteiger partial charge is 0.399 e. The molecule has 0 bridgehead atoms. The molecule has 0 unspecified atom stereocenters. The lowest BCUT2D eigenvalue weighted by molar-refractivity contribution is 0.580. The Kier molecular flexibility index (Phi) is 9.06. The summed E-state index contributed by atoms with van der Waals surface area (Å²) in [5.74, 6) is 0. The first-order chi connectivity index (χ1) is 10.4. The van der Waals surface area contributed by atoms with Crippen molar-refractivity contribution < 1.29 is 0 Å². The van der Waals surface area contributed by atoms with Crippen LogP contribution in [0.4, 0.5) is 11.4 Å². The predicted octanol–water partition coefficient (Wildman–Crippen LogP) is 5.20. The molecule has 0 aliphatic carbocycles. The Morgan fingerprint density at radius 2 is 1.39 bits per heavy atom. The van der Waals surface area contributed by atoms with E-state index in [2.05, 4.69) is 0 Å². The van der Waals surface area contributed by atoms with Crippen molar-refractivity contribution in [3.8, 4) is 0 Å². The van der Waals surface area contributed by atoms with Gasteiger partial charge < -0.3 is 17.2 Å². The van der Waals surface area contributed by atoms with Crippen LogP contribution in [0.5, 0.6) is 0 Å². The number of rotatable bonds is 0. The summed E-state index contributed by atoms with van der Waals surface area (Å²) in [6.45, 7) is 9.74. The SMILES string of the molecule is CC(C)(C)N.Cc1c(N)cccc1Cl.Cc1ccc(N)cc1Cl. The molecule has 0 amide bonds. The van der Waals surface area contributed by atoms with Gasteiger partial charge >= 0.3 is 0 Å². The summed E-state index contributed by atoms with van der Waals surface area (Å²) in [5, 5.41) is 1.46. The lowest BCUT2D eigenvalue weighted by Gasteiger charge is -2.06. The summed E-state index contributed by atoms with van der Waals surface area (Å²) in [6.07, 6.45) is 0. The first-order valence-electron chi connectivity index (χ1n) is 7.23. The van der Waals surface area contributed by atoms with Crippen LogP contribution < -0.4 is 17.2 Å². The Balaban J connectivity index is 0.000000332. The third-order valence-corrected chi connectivity index (χ3v) is 3.32. The Labute approximate surface area is 149 Å². The fourth-order valence-corrected chi connectivity index (χ4v) is 1.60. The summed E-state index contributed by atoms with van der Waals surface area (Å²) in [6, 6.07) is 11.0. The summed E-state index contributed by atoms with van der Waals surface area (Å²) < 4.78 is 0. The number of nitrogen functional groups attached to an aromatic ring is 2. The van der Waals surface area contributed by atoms with Crippen LogP contribution in [-0.4, -0.2) is 5.54 Å². The van der Waals surface area contributed by atoms with Gasteiger partial charge in [0.15, 0.2) is 0 Å². The molecule has 0 heterocycles. The third kappa shape index (κ3) is 10.9. The Hall–Kier alpha value is -1.42. The molecule has 0 aliphatic rings. The fourth-order valence-electron chi connectivity index (χ4n) is 1.23. The second-order valence-corrected chi connectivity index (χ2v) is 7.14. The van der Waals surface area contributed by atoms with Gasteiger partial charge in [-0.1, -0.05) is 35.3 Å². The molecule has 0 fully saturated rings. The van der Waals surface area contributed by atoms with E-state index in [4.69, 9.17) is 40.4 Å². The highest BCUT2D eigenvalue weighted by atomic mass is 35.5. The molecule has 0 atom stereocenters. The third-order valence-electron chi connectivity index (χ3n) is 2.51. The van der Waals surface area contributed by atoms with Crippen LogP contribution in [0.25, 0.3) is 0 Å². The lowest BCUT2D eigenvalue weighted by atomic mass is 10.1. The zero-order chi connectivity index (χ0) is 18.2. The van der Waals surface area contributed by atoms with Crippen LogP contribution in [0.3, 0.4) is 0 Å². The standard InChI is InChI=1S/2C7H8ClN.C4H11N/c1-5-2-3-6(9)4-7(5)8;1-5-6(8)3-2-4-7(5)9;1-4(2,3)5/h2*2-4H,9H2,1H3;5H2,1-3H3. The molecule has 0 saturated heterocycles. The molecule has 6 N–H and O–H groups in total. The van der Waals surface area contributed by atoms with Gasteiger partial charge in [-0.05, 0) is 70.0 Å². The van der Waals surface area contributed by atoms with E-state index < -0.39 is 0 Å². The highest BCUT2D eigenvalue weighted by molar-refractivity contribution is 6.31. The van der Waals surface area contributed by atoms with Crippen LogP contribution in [0.2, 0.25) is 10.0 Å². The summed E-state index contributed by atoms with van der Waals surface area (Å²) in [7, 11) is 0. The molecular formula is C18H27Cl2N3. The molecule has 128 valence electrons. The second-order valence-electron chi connectivity index (χ2n) is 6.33. The topological polar surface area (TPSA) is 78.1 Å². The van der Waals surface area contributed by atoms with Crippen molar-refractivity contribution >= 4 is 34.6 Å². The van der Waals surface area contributed by atoms with E-state index in [1.807, 2.05) is 65.0 Å². The molecule has 23 heavy (non-hydrogen) atoms. The second kappa shape index (κ2) is 9.66. The van der Waals surface area contributed by atoms with Crippen molar-refractivity contribution in [1.29, 1.82) is 0 Å². The van der Waals surface area contributed by atoms with Gasteiger partial charge in [-0.3, -0.25) is 0 Å². The Morgan fingerprint density at radius 3 is 1.74 bits per heavy atom. The van der Waals surface area contributed by atoms with Crippen molar-refractivity contribution in [2.24, 2.45) is 5.73 Å². The summed E-state index contributed by atoms with van der Waals surface area (Å²) in [4.78, 5) is 0. The van der Waals surface area contributed by atoms with Gasteiger partial charge in [-0.25, -0.2) is 0 Å². The van der Waals surface area contributed by atoms with Crippen molar-refractivity contribution in [3.05, 3.63) is 57.6 Å². The number of halogens is 2. The van der Waals surface area contributed by atoms with Crippen molar-refractivity contribution in [1.82, 2.24) is 0 Å². The van der Waals surface area contributed by atoms with Gasteiger partial charge in [0.05, 0.1) is 0 Å². The van der Waals surface area contributed by atoms with E-state index in [1.54, 1.807) is 6.07 Å². The quantitative estimate of drug-likeness (QED) is 0.567. The van der Waals surface area contributed by atoms with Crippen LogP contribution in [0, 0.1) is 13.8 Å². The number of hydrogen-bond donors (Lipinski definition) is 3. The van der Waals surface area contributed by atoms with E-state index in [1.165, 1.54) is 0 Å². The molecule has 0 radical (unpaired) electrons. The van der Waals surface area contributed by atoms with Gasteiger partial charge in [-0.15, -0.1) is 0 Å². The number of nitrogens with two attached hydrogens (primary N) is 3. The lowest BCUT2D eigenvalue weighted by Crippen LogP contribution is -2.26. The molecule has 2 rings (SSSR count). The molecular weight excluding hydrogens is 329 g/mol. The van der Waals surface area contributed by atoms with Crippen molar-refractivity contribution in [2.75, 3.05) is 11.5 Å². The molecule has 0 saturated carbocycles. The molecule has 5 heteroatoms. The van der Waals surface area contributed by atoms with Crippen LogP contribution in [0.15, 0.2) is 36.4 Å². The van der Waals surface area contributed by atoms with Gasteiger partial charge in [-0.2, -0.15) is 0 Å². The maximum absolute atomic E-state index is 5.73. The van der Waals surface area contributed by atoms with Crippen molar-refractivity contribution in [2.45, 2.75) is 40.2 Å². The van der Waals surface area contributed by atoms with Crippen LogP contribution in [-0.2, 0) is 0 Å². The molecule has 0 spiro atoms. The monoisotopic (exact) mass is 355 g/mol. The number of benzene rings is 2. The number of hydrogen-bond acceptors (Lipinski definition) is 3. The Morgan fingerprint density at radius 1 is 0.870 bits per heavy atom. The molecule has 0 aliphatic heterocycles. The maximum atomic E-state index is 5.73. The predicted molar refractivity (Wildman–Crippen MR) is 105 cm³/mol. The number of anilines is 2. The first-order valence-corrected chi connectivity index (χ1v) is 7.98. The van der Waals surface area contributed by atoms with Crippen LogP contribution >= 0.6 is 23.2 Å². The zero-order valence-electron chi connectivity index (χ0n) is 14.5. The van der Waals surface area contributed by atoms with Gasteiger partial charge in [0.1, 0.15) is 0 Å². The average molecular weight is 356 g/mol. The highest BCUT2D eigenvalue weighted by Crippen LogP contribution is 2.19. The van der Waals surface area contributed by atoms with Crippen molar-refractivity contribution in [3.63, 3.8) is 0 Å². The number of aryl methyl sites for hydroxylation is 1. The summed E-state index contributed by atoms with van der Waals surface area (Å²) in [5.41, 5.74) is 19.8. The Bertz CT molecular complexity index is 594. The minimum atomic E-state index is 0. The molecule has 0 aromatic heterocycles. The minimum absolute atomic E-state index is 0. The van der Waals surface area contributed by atoms with E-state index in [0.29, 0.717) is 5.69 Å². The van der Waals surface area contributed by atoms with E-state index in [0.717, 1.165) is 26.9 Å². The minimum Gasteiger partial charge on any atom is -0.399 e. The maximum Gasteiger partial charge on any atom is 0.0455 e. The molecule has 2 aromatic carbocycles. The van der Waals surface area contributed by atoms with Crippen LogP contribution in [0.1, 0.15) is 31.9 Å². The fraction of sp³-hybridized carbons (Fsp3) is 0.333. The van der Waals surface area contributed by atoms with E-state index in [9.17, 15) is 0 Å². The van der Waals surface area contributed by atoms with E-state index >= 15 is 0 Å². The zero-order valence-corrected chi connectivity index (χ0v) is 16.0. The average Bonchev–Trinajstić information content (AvgIpc) is 2.39.